The summed E-state index contributed by atoms with van der Waals surface area (Å²) >= 11 is 0. The van der Waals surface area contributed by atoms with Gasteiger partial charge in [-0.2, -0.15) is 0 Å². The maximum atomic E-state index is 10.5. The summed E-state index contributed by atoms with van der Waals surface area (Å²) in [6.07, 6.45) is -1.16. The van der Waals surface area contributed by atoms with Gasteiger partial charge in [-0.1, -0.05) is 24.3 Å². The lowest BCUT2D eigenvalue weighted by atomic mass is 10.1. The first-order valence-corrected chi connectivity index (χ1v) is 5.00. The molecule has 0 fully saturated rings. The number of aliphatic hydroxyl groups excluding tert-OH is 2. The van der Waals surface area contributed by atoms with Crippen molar-refractivity contribution >= 4 is 5.91 Å². The van der Waals surface area contributed by atoms with Crippen LogP contribution in [0.15, 0.2) is 24.3 Å². The third-order valence-corrected chi connectivity index (χ3v) is 2.20. The minimum Gasteiger partial charge on any atom is -0.392 e. The van der Waals surface area contributed by atoms with E-state index in [1.807, 2.05) is 24.3 Å². The van der Waals surface area contributed by atoms with E-state index in [0.29, 0.717) is 6.54 Å². The first-order chi connectivity index (χ1) is 7.63. The summed E-state index contributed by atoms with van der Waals surface area (Å²) in [7, 11) is 0. The van der Waals surface area contributed by atoms with Crippen LogP contribution in [0.3, 0.4) is 0 Å². The molecule has 0 aromatic heterocycles. The molecule has 1 atom stereocenters. The number of nitrogens with one attached hydrogen (secondary N) is 1. The predicted octanol–water partition coefficient (Wildman–Crippen LogP) is -0.885. The summed E-state index contributed by atoms with van der Waals surface area (Å²) in [6, 6.07) is 7.38. The second-order valence-corrected chi connectivity index (χ2v) is 3.52. The van der Waals surface area contributed by atoms with Crippen LogP contribution in [0.25, 0.3) is 0 Å². The lowest BCUT2D eigenvalue weighted by Gasteiger charge is -2.08. The lowest BCUT2D eigenvalue weighted by Crippen LogP contribution is -2.37. The van der Waals surface area contributed by atoms with E-state index in [2.05, 4.69) is 5.32 Å². The molecule has 0 aliphatic rings. The average Bonchev–Trinajstić information content (AvgIpc) is 2.29. The number of nitrogens with two attached hydrogens (primary N) is 1. The number of carbonyl (C=O) groups excluding carboxylic acids is 1. The summed E-state index contributed by atoms with van der Waals surface area (Å²) < 4.78 is 0. The Hall–Kier alpha value is -1.43. The molecule has 0 bridgehead atoms. The van der Waals surface area contributed by atoms with Crippen LogP contribution >= 0.6 is 0 Å². The van der Waals surface area contributed by atoms with Gasteiger partial charge in [-0.15, -0.1) is 0 Å². The first-order valence-electron chi connectivity index (χ1n) is 5.00. The summed E-state index contributed by atoms with van der Waals surface area (Å²) in [5.41, 5.74) is 6.75. The van der Waals surface area contributed by atoms with Crippen LogP contribution in [0.1, 0.15) is 11.1 Å². The highest BCUT2D eigenvalue weighted by Gasteiger charge is 2.09. The van der Waals surface area contributed by atoms with Crippen molar-refractivity contribution < 1.29 is 15.0 Å². The van der Waals surface area contributed by atoms with Gasteiger partial charge in [0.1, 0.15) is 6.10 Å². The van der Waals surface area contributed by atoms with Crippen LogP contribution in [-0.2, 0) is 17.9 Å². The van der Waals surface area contributed by atoms with Gasteiger partial charge in [-0.25, -0.2) is 0 Å². The van der Waals surface area contributed by atoms with Gasteiger partial charge in [-0.3, -0.25) is 4.79 Å². The Morgan fingerprint density at radius 1 is 1.31 bits per heavy atom. The Morgan fingerprint density at radius 3 is 2.38 bits per heavy atom. The van der Waals surface area contributed by atoms with Crippen LogP contribution in [0.4, 0.5) is 0 Å². The quantitative estimate of drug-likeness (QED) is 0.504. The number of aliphatic hydroxyl groups is 2. The van der Waals surface area contributed by atoms with Crippen molar-refractivity contribution in [2.45, 2.75) is 19.3 Å². The van der Waals surface area contributed by atoms with E-state index >= 15 is 0 Å². The lowest BCUT2D eigenvalue weighted by molar-refractivity contribution is -0.125. The fourth-order valence-electron chi connectivity index (χ4n) is 1.22. The van der Waals surface area contributed by atoms with E-state index in [1.54, 1.807) is 0 Å². The molecular weight excluding hydrogens is 208 g/mol. The largest absolute Gasteiger partial charge is 0.392 e. The van der Waals surface area contributed by atoms with Crippen molar-refractivity contribution in [2.24, 2.45) is 5.73 Å². The van der Waals surface area contributed by atoms with Gasteiger partial charge in [0.2, 0.25) is 5.91 Å². The highest BCUT2D eigenvalue weighted by molar-refractivity contribution is 5.78. The van der Waals surface area contributed by atoms with Crippen LogP contribution in [0, 0.1) is 0 Å². The third kappa shape index (κ3) is 3.98. The molecule has 0 heterocycles. The van der Waals surface area contributed by atoms with E-state index in [-0.39, 0.29) is 13.2 Å². The molecule has 1 aromatic rings. The number of hydrogen-bond acceptors (Lipinski definition) is 4. The zero-order valence-corrected chi connectivity index (χ0v) is 8.89. The number of amides is 1. The Balaban J connectivity index is 2.34. The Bertz CT molecular complexity index is 338. The Kier molecular flexibility index (Phi) is 4.91. The van der Waals surface area contributed by atoms with Crippen molar-refractivity contribution in [3.05, 3.63) is 35.4 Å². The average molecular weight is 224 g/mol. The van der Waals surface area contributed by atoms with Crippen molar-refractivity contribution in [2.75, 3.05) is 6.54 Å². The summed E-state index contributed by atoms with van der Waals surface area (Å²) in [5, 5.41) is 20.9. The molecule has 5 N–H and O–H groups in total. The van der Waals surface area contributed by atoms with Gasteiger partial charge >= 0.3 is 0 Å². The van der Waals surface area contributed by atoms with Gasteiger partial charge < -0.3 is 21.3 Å². The molecular formula is C11H16N2O3. The van der Waals surface area contributed by atoms with Crippen LogP contribution in [0.5, 0.6) is 0 Å². The van der Waals surface area contributed by atoms with Crippen LogP contribution < -0.4 is 11.1 Å². The molecule has 0 aliphatic carbocycles. The molecule has 1 unspecified atom stereocenters. The number of carbonyl (C=O) groups is 1. The predicted molar refractivity (Wildman–Crippen MR) is 59.3 cm³/mol. The first kappa shape index (κ1) is 12.6. The van der Waals surface area contributed by atoms with Crippen molar-refractivity contribution in [1.29, 1.82) is 0 Å². The highest BCUT2D eigenvalue weighted by Crippen LogP contribution is 2.03. The summed E-state index contributed by atoms with van der Waals surface area (Å²) in [4.78, 5) is 10.5. The number of rotatable bonds is 6. The topological polar surface area (TPSA) is 95.6 Å². The van der Waals surface area contributed by atoms with E-state index in [9.17, 15) is 4.79 Å². The van der Waals surface area contributed by atoms with Crippen molar-refractivity contribution in [3.8, 4) is 0 Å². The van der Waals surface area contributed by atoms with E-state index in [0.717, 1.165) is 11.1 Å². The van der Waals surface area contributed by atoms with Gasteiger partial charge in [0.25, 0.3) is 0 Å². The summed E-state index contributed by atoms with van der Waals surface area (Å²) in [5.74, 6) is -0.733. The molecule has 0 aliphatic heterocycles. The maximum Gasteiger partial charge on any atom is 0.247 e. The standard InChI is InChI=1S/C11H16N2O3/c12-11(16)10(15)6-13-5-8-1-3-9(7-14)4-2-8/h1-4,10,13-15H,5-7H2,(H2,12,16). The third-order valence-electron chi connectivity index (χ3n) is 2.20. The van der Waals surface area contributed by atoms with Gasteiger partial charge in [-0.05, 0) is 11.1 Å². The molecule has 5 heteroatoms. The number of benzene rings is 1. The molecule has 1 aromatic carbocycles. The van der Waals surface area contributed by atoms with Crippen LogP contribution in [-0.4, -0.2) is 28.8 Å². The van der Waals surface area contributed by atoms with E-state index in [4.69, 9.17) is 15.9 Å². The Morgan fingerprint density at radius 2 is 1.88 bits per heavy atom. The summed E-state index contributed by atoms with van der Waals surface area (Å²) in [6.45, 7) is 0.696. The molecule has 5 nitrogen and oxygen atoms in total. The molecule has 16 heavy (non-hydrogen) atoms. The maximum absolute atomic E-state index is 10.5. The fourth-order valence-corrected chi connectivity index (χ4v) is 1.22. The highest BCUT2D eigenvalue weighted by atomic mass is 16.3. The zero-order valence-electron chi connectivity index (χ0n) is 8.89. The van der Waals surface area contributed by atoms with Crippen molar-refractivity contribution in [1.82, 2.24) is 5.32 Å². The zero-order chi connectivity index (χ0) is 12.0. The normalized spacial score (nSPS) is 12.4. The monoisotopic (exact) mass is 224 g/mol. The van der Waals surface area contributed by atoms with Gasteiger partial charge in [0.05, 0.1) is 6.61 Å². The van der Waals surface area contributed by atoms with Gasteiger partial charge in [0, 0.05) is 13.1 Å². The molecule has 0 spiro atoms. The number of primary amides is 1. The molecule has 1 rings (SSSR count). The fraction of sp³-hybridized carbons (Fsp3) is 0.364. The molecule has 0 radical (unpaired) electrons. The second-order valence-electron chi connectivity index (χ2n) is 3.52. The SMILES string of the molecule is NC(=O)C(O)CNCc1ccc(CO)cc1. The van der Waals surface area contributed by atoms with E-state index in [1.165, 1.54) is 0 Å². The molecule has 0 saturated heterocycles. The minimum atomic E-state index is -1.16. The molecule has 1 amide bonds. The van der Waals surface area contributed by atoms with E-state index < -0.39 is 12.0 Å². The number of hydrogen-bond donors (Lipinski definition) is 4. The Labute approximate surface area is 93.9 Å². The minimum absolute atomic E-state index is 0.0219. The van der Waals surface area contributed by atoms with Crippen molar-refractivity contribution in [3.63, 3.8) is 0 Å². The smallest absolute Gasteiger partial charge is 0.247 e. The second kappa shape index (κ2) is 6.22. The molecule has 0 saturated carbocycles. The van der Waals surface area contributed by atoms with Crippen LogP contribution in [0.2, 0.25) is 0 Å². The molecule has 88 valence electrons. The van der Waals surface area contributed by atoms with Gasteiger partial charge in [0.15, 0.2) is 0 Å².